The molecule has 3 rings (SSSR count). The minimum atomic E-state index is -0.619. The molecule has 1 aromatic carbocycles. The van der Waals surface area contributed by atoms with E-state index in [1.807, 2.05) is 6.92 Å². The minimum absolute atomic E-state index is 0.157. The van der Waals surface area contributed by atoms with Crippen molar-refractivity contribution >= 4 is 12.0 Å². The maximum absolute atomic E-state index is 12.4. The topological polar surface area (TPSA) is 85.9 Å². The van der Waals surface area contributed by atoms with Crippen molar-refractivity contribution in [3.63, 3.8) is 0 Å². The van der Waals surface area contributed by atoms with Gasteiger partial charge in [-0.05, 0) is 31.5 Å². The van der Waals surface area contributed by atoms with Gasteiger partial charge in [-0.2, -0.15) is 0 Å². The lowest BCUT2D eigenvalue weighted by molar-refractivity contribution is -0.138. The molecule has 0 bridgehead atoms. The quantitative estimate of drug-likeness (QED) is 0.653. The van der Waals surface area contributed by atoms with E-state index in [9.17, 15) is 9.59 Å². The van der Waals surface area contributed by atoms with Gasteiger partial charge in [-0.15, -0.1) is 0 Å². The predicted molar refractivity (Wildman–Crippen MR) is 85.4 cm³/mol. The number of carbonyl (C=O) groups is 2. The zero-order chi connectivity index (χ0) is 17.1. The Morgan fingerprint density at radius 1 is 1.38 bits per heavy atom. The number of hydrogen-bond donors (Lipinski definition) is 2. The maximum Gasteiger partial charge on any atom is 0.338 e. The Morgan fingerprint density at radius 3 is 2.96 bits per heavy atom. The van der Waals surface area contributed by atoms with E-state index in [0.717, 1.165) is 0 Å². The molecule has 1 atom stereocenters. The molecule has 2 aliphatic heterocycles. The van der Waals surface area contributed by atoms with Gasteiger partial charge in [0, 0.05) is 5.70 Å². The molecule has 2 N–H and O–H groups in total. The molecule has 2 amide bonds. The number of nitrogens with one attached hydrogen (secondary N) is 2. The van der Waals surface area contributed by atoms with E-state index in [0.29, 0.717) is 28.3 Å². The van der Waals surface area contributed by atoms with Crippen LogP contribution in [0.1, 0.15) is 25.5 Å². The summed E-state index contributed by atoms with van der Waals surface area (Å²) < 4.78 is 15.9. The summed E-state index contributed by atoms with van der Waals surface area (Å²) in [5.74, 6) is 0.734. The normalized spacial score (nSPS) is 19.2. The Labute approximate surface area is 139 Å². The molecule has 0 fully saturated rings. The number of ether oxygens (including phenoxy) is 3. The van der Waals surface area contributed by atoms with Crippen molar-refractivity contribution in [3.8, 4) is 11.5 Å². The third-order valence-corrected chi connectivity index (χ3v) is 3.77. The molecule has 0 radical (unpaired) electrons. The molecular formula is C17H18N2O5. The van der Waals surface area contributed by atoms with Crippen LogP contribution in [0.15, 0.2) is 41.6 Å². The summed E-state index contributed by atoms with van der Waals surface area (Å²) in [4.78, 5) is 24.3. The summed E-state index contributed by atoms with van der Waals surface area (Å²) in [6.45, 7) is 3.85. The molecule has 0 aliphatic carbocycles. The summed E-state index contributed by atoms with van der Waals surface area (Å²) in [5.41, 5.74) is 1.54. The Balaban J connectivity index is 1.92. The average molecular weight is 330 g/mol. The molecule has 1 aromatic rings. The van der Waals surface area contributed by atoms with Crippen LogP contribution >= 0.6 is 0 Å². The second kappa shape index (κ2) is 6.66. The van der Waals surface area contributed by atoms with Gasteiger partial charge in [0.25, 0.3) is 0 Å². The van der Waals surface area contributed by atoms with Crippen molar-refractivity contribution in [2.45, 2.75) is 19.9 Å². The average Bonchev–Trinajstić information content (AvgIpc) is 3.01. The first kappa shape index (κ1) is 15.9. The number of benzene rings is 1. The van der Waals surface area contributed by atoms with Crippen LogP contribution in [-0.4, -0.2) is 25.4 Å². The number of fused-ring (bicyclic) bond motifs is 1. The first-order chi connectivity index (χ1) is 11.6. The van der Waals surface area contributed by atoms with Crippen LogP contribution in [0, 0.1) is 0 Å². The number of carbonyl (C=O) groups excluding carboxylic acids is 2. The Kier molecular flexibility index (Phi) is 4.41. The summed E-state index contributed by atoms with van der Waals surface area (Å²) >= 11 is 0. The van der Waals surface area contributed by atoms with E-state index in [1.165, 1.54) is 0 Å². The highest BCUT2D eigenvalue weighted by molar-refractivity contribution is 5.95. The van der Waals surface area contributed by atoms with Gasteiger partial charge in [0.2, 0.25) is 6.79 Å². The number of esters is 1. The zero-order valence-electron chi connectivity index (χ0n) is 13.4. The van der Waals surface area contributed by atoms with Crippen molar-refractivity contribution in [2.24, 2.45) is 0 Å². The van der Waals surface area contributed by atoms with Crippen LogP contribution in [0.25, 0.3) is 0 Å². The molecule has 126 valence electrons. The highest BCUT2D eigenvalue weighted by atomic mass is 16.7. The lowest BCUT2D eigenvalue weighted by Gasteiger charge is -2.28. The van der Waals surface area contributed by atoms with Gasteiger partial charge in [0.1, 0.15) is 6.61 Å². The number of hydrogen-bond acceptors (Lipinski definition) is 5. The van der Waals surface area contributed by atoms with Crippen molar-refractivity contribution in [2.75, 3.05) is 13.4 Å². The summed E-state index contributed by atoms with van der Waals surface area (Å²) in [7, 11) is 0. The van der Waals surface area contributed by atoms with Gasteiger partial charge < -0.3 is 24.8 Å². The number of urea groups is 1. The van der Waals surface area contributed by atoms with Crippen LogP contribution in [-0.2, 0) is 9.53 Å². The van der Waals surface area contributed by atoms with Gasteiger partial charge in [0.15, 0.2) is 11.5 Å². The lowest BCUT2D eigenvalue weighted by atomic mass is 9.95. The van der Waals surface area contributed by atoms with Gasteiger partial charge in [-0.3, -0.25) is 0 Å². The van der Waals surface area contributed by atoms with Crippen molar-refractivity contribution in [1.82, 2.24) is 10.6 Å². The van der Waals surface area contributed by atoms with Crippen LogP contribution in [0.5, 0.6) is 11.5 Å². The molecule has 2 aliphatic rings. The molecule has 0 saturated carbocycles. The van der Waals surface area contributed by atoms with Crippen molar-refractivity contribution in [1.29, 1.82) is 0 Å². The lowest BCUT2D eigenvalue weighted by Crippen LogP contribution is -2.45. The fourth-order valence-corrected chi connectivity index (χ4v) is 2.60. The zero-order valence-corrected chi connectivity index (χ0v) is 13.4. The molecule has 7 heteroatoms. The van der Waals surface area contributed by atoms with E-state index in [4.69, 9.17) is 14.2 Å². The Bertz CT molecular complexity index is 738. The van der Waals surface area contributed by atoms with Crippen molar-refractivity contribution < 1.29 is 23.8 Å². The largest absolute Gasteiger partial charge is 0.458 e. The van der Waals surface area contributed by atoms with E-state index in [1.54, 1.807) is 37.3 Å². The van der Waals surface area contributed by atoms with Crippen LogP contribution < -0.4 is 20.1 Å². The molecule has 24 heavy (non-hydrogen) atoms. The Hall–Kier alpha value is -2.96. The molecule has 2 heterocycles. The third-order valence-electron chi connectivity index (χ3n) is 3.77. The van der Waals surface area contributed by atoms with Gasteiger partial charge in [-0.25, -0.2) is 9.59 Å². The summed E-state index contributed by atoms with van der Waals surface area (Å²) in [6, 6.07) is 4.30. The van der Waals surface area contributed by atoms with Crippen LogP contribution in [0.3, 0.4) is 0 Å². The molecule has 0 saturated heterocycles. The minimum Gasteiger partial charge on any atom is -0.458 e. The van der Waals surface area contributed by atoms with Crippen molar-refractivity contribution in [3.05, 3.63) is 47.2 Å². The summed E-state index contributed by atoms with van der Waals surface area (Å²) in [5, 5.41) is 5.36. The molecular weight excluding hydrogens is 312 g/mol. The standard InChI is InChI=1S/C17H18N2O5/c1-3-4-7-22-16(20)14-10(2)18-17(21)19-15(14)11-5-6-12-13(8-11)24-9-23-12/h3-6,8,15H,7,9H2,1-2H3,(H2,18,19,21)/b4-3+/t15-/m1/s1. The second-order valence-corrected chi connectivity index (χ2v) is 5.35. The van der Waals surface area contributed by atoms with Gasteiger partial charge in [-0.1, -0.05) is 18.2 Å². The maximum atomic E-state index is 12.4. The van der Waals surface area contributed by atoms with E-state index in [-0.39, 0.29) is 19.4 Å². The smallest absolute Gasteiger partial charge is 0.338 e. The molecule has 7 nitrogen and oxygen atoms in total. The highest BCUT2D eigenvalue weighted by Crippen LogP contribution is 2.36. The SMILES string of the molecule is C/C=C/COC(=O)C1=C(C)NC(=O)N[C@@H]1c1ccc2c(c1)OCO2. The van der Waals surface area contributed by atoms with Gasteiger partial charge >= 0.3 is 12.0 Å². The monoisotopic (exact) mass is 330 g/mol. The summed E-state index contributed by atoms with van der Waals surface area (Å²) in [6.07, 6.45) is 3.53. The molecule has 0 unspecified atom stereocenters. The predicted octanol–water partition coefficient (Wildman–Crippen LogP) is 2.16. The first-order valence-corrected chi connectivity index (χ1v) is 7.56. The Morgan fingerprint density at radius 2 is 2.17 bits per heavy atom. The highest BCUT2D eigenvalue weighted by Gasteiger charge is 2.33. The third kappa shape index (κ3) is 3.05. The second-order valence-electron chi connectivity index (χ2n) is 5.35. The van der Waals surface area contributed by atoms with Gasteiger partial charge in [0.05, 0.1) is 11.6 Å². The number of amides is 2. The first-order valence-electron chi connectivity index (χ1n) is 7.56. The fraction of sp³-hybridized carbons (Fsp3) is 0.294. The number of allylic oxidation sites excluding steroid dienone is 2. The molecule has 0 aromatic heterocycles. The van der Waals surface area contributed by atoms with E-state index < -0.39 is 12.0 Å². The fourth-order valence-electron chi connectivity index (χ4n) is 2.60. The van der Waals surface area contributed by atoms with E-state index >= 15 is 0 Å². The number of rotatable bonds is 4. The van der Waals surface area contributed by atoms with Crippen LogP contribution in [0.4, 0.5) is 4.79 Å². The van der Waals surface area contributed by atoms with E-state index in [2.05, 4.69) is 10.6 Å². The molecule has 0 spiro atoms. The van der Waals surface area contributed by atoms with Crippen LogP contribution in [0.2, 0.25) is 0 Å².